The summed E-state index contributed by atoms with van der Waals surface area (Å²) < 4.78 is 4.79. The lowest BCUT2D eigenvalue weighted by atomic mass is 10.0. The highest BCUT2D eigenvalue weighted by Gasteiger charge is 2.08. The van der Waals surface area contributed by atoms with E-state index >= 15 is 0 Å². The first-order valence-electron chi connectivity index (χ1n) is 6.27. The van der Waals surface area contributed by atoms with E-state index in [-0.39, 0.29) is 0 Å². The standard InChI is InChI=1S/C15H15N3O2/c1-2-20-15(19)18-17-14(12-7-4-3-5-8-12)13-9-6-10-16-11-13/h3-11H,2H2,1H3,(H,18,19). The summed E-state index contributed by atoms with van der Waals surface area (Å²) in [6, 6.07) is 13.3. The number of hydrogen-bond acceptors (Lipinski definition) is 4. The van der Waals surface area contributed by atoms with Crippen molar-refractivity contribution in [1.82, 2.24) is 10.4 Å². The Morgan fingerprint density at radius 2 is 1.95 bits per heavy atom. The highest BCUT2D eigenvalue weighted by Crippen LogP contribution is 2.09. The topological polar surface area (TPSA) is 63.6 Å². The number of rotatable bonds is 4. The fraction of sp³-hybridized carbons (Fsp3) is 0.133. The van der Waals surface area contributed by atoms with Crippen LogP contribution in [0.5, 0.6) is 0 Å². The SMILES string of the molecule is CCOC(=O)NN=C(c1ccccc1)c1cccnc1. The molecule has 0 aliphatic carbocycles. The van der Waals surface area contributed by atoms with E-state index in [1.165, 1.54) is 0 Å². The number of nitrogens with zero attached hydrogens (tertiary/aromatic N) is 2. The van der Waals surface area contributed by atoms with E-state index < -0.39 is 6.09 Å². The van der Waals surface area contributed by atoms with Crippen LogP contribution in [-0.4, -0.2) is 23.4 Å². The van der Waals surface area contributed by atoms with Crippen LogP contribution >= 0.6 is 0 Å². The van der Waals surface area contributed by atoms with Gasteiger partial charge in [0.05, 0.1) is 12.3 Å². The molecular formula is C15H15N3O2. The maximum Gasteiger partial charge on any atom is 0.427 e. The van der Waals surface area contributed by atoms with Crippen LogP contribution in [0, 0.1) is 0 Å². The van der Waals surface area contributed by atoms with Crippen LogP contribution in [0.15, 0.2) is 60.0 Å². The van der Waals surface area contributed by atoms with Crippen LogP contribution < -0.4 is 5.43 Å². The van der Waals surface area contributed by atoms with Gasteiger partial charge in [-0.2, -0.15) is 5.10 Å². The minimum absolute atomic E-state index is 0.301. The lowest BCUT2D eigenvalue weighted by Crippen LogP contribution is -2.21. The summed E-state index contributed by atoms with van der Waals surface area (Å²) in [5.74, 6) is 0. The number of amides is 1. The highest BCUT2D eigenvalue weighted by molar-refractivity contribution is 6.12. The molecule has 102 valence electrons. The van der Waals surface area contributed by atoms with Crippen LogP contribution in [-0.2, 0) is 4.74 Å². The van der Waals surface area contributed by atoms with Crippen molar-refractivity contribution in [3.8, 4) is 0 Å². The fourth-order valence-corrected chi connectivity index (χ4v) is 1.66. The Balaban J connectivity index is 2.30. The summed E-state index contributed by atoms with van der Waals surface area (Å²) in [6.07, 6.45) is 2.80. The van der Waals surface area contributed by atoms with Crippen LogP contribution in [0.2, 0.25) is 0 Å². The Morgan fingerprint density at radius 1 is 1.20 bits per heavy atom. The van der Waals surface area contributed by atoms with E-state index in [9.17, 15) is 4.79 Å². The van der Waals surface area contributed by atoms with Crippen molar-refractivity contribution in [3.63, 3.8) is 0 Å². The average Bonchev–Trinajstić information content (AvgIpc) is 2.50. The molecule has 1 N–H and O–H groups in total. The molecule has 0 atom stereocenters. The fourth-order valence-electron chi connectivity index (χ4n) is 1.66. The van der Waals surface area contributed by atoms with Crippen molar-refractivity contribution < 1.29 is 9.53 Å². The molecule has 0 radical (unpaired) electrons. The Hall–Kier alpha value is -2.69. The number of hydrazone groups is 1. The second-order valence-electron chi connectivity index (χ2n) is 3.90. The van der Waals surface area contributed by atoms with Gasteiger partial charge in [0.15, 0.2) is 0 Å². The average molecular weight is 269 g/mol. The van der Waals surface area contributed by atoms with E-state index in [2.05, 4.69) is 15.5 Å². The van der Waals surface area contributed by atoms with Crippen LogP contribution in [0.4, 0.5) is 4.79 Å². The van der Waals surface area contributed by atoms with Crippen molar-refractivity contribution >= 4 is 11.8 Å². The number of benzene rings is 1. The first-order chi connectivity index (χ1) is 9.81. The molecule has 0 spiro atoms. The van der Waals surface area contributed by atoms with Crippen LogP contribution in [0.25, 0.3) is 0 Å². The molecular weight excluding hydrogens is 254 g/mol. The number of carbonyl (C=O) groups excluding carboxylic acids is 1. The first kappa shape index (κ1) is 13.7. The second-order valence-corrected chi connectivity index (χ2v) is 3.90. The van der Waals surface area contributed by atoms with Crippen molar-refractivity contribution in [3.05, 3.63) is 66.0 Å². The minimum atomic E-state index is -0.579. The highest BCUT2D eigenvalue weighted by atomic mass is 16.5. The van der Waals surface area contributed by atoms with Gasteiger partial charge in [0.2, 0.25) is 0 Å². The molecule has 1 amide bonds. The molecule has 0 fully saturated rings. The third-order valence-electron chi connectivity index (χ3n) is 2.52. The summed E-state index contributed by atoms with van der Waals surface area (Å²) in [7, 11) is 0. The summed E-state index contributed by atoms with van der Waals surface area (Å²) in [5.41, 5.74) is 4.71. The van der Waals surface area contributed by atoms with Crippen molar-refractivity contribution in [1.29, 1.82) is 0 Å². The van der Waals surface area contributed by atoms with Gasteiger partial charge >= 0.3 is 6.09 Å². The molecule has 0 unspecified atom stereocenters. The lowest BCUT2D eigenvalue weighted by molar-refractivity contribution is 0.152. The van der Waals surface area contributed by atoms with Crippen LogP contribution in [0.1, 0.15) is 18.1 Å². The summed E-state index contributed by atoms with van der Waals surface area (Å²) in [4.78, 5) is 15.4. The summed E-state index contributed by atoms with van der Waals surface area (Å²) >= 11 is 0. The minimum Gasteiger partial charge on any atom is -0.449 e. The molecule has 0 saturated heterocycles. The maximum atomic E-state index is 11.4. The molecule has 0 saturated carbocycles. The molecule has 2 aromatic rings. The van der Waals surface area contributed by atoms with E-state index in [1.54, 1.807) is 19.3 Å². The first-order valence-corrected chi connectivity index (χ1v) is 6.27. The van der Waals surface area contributed by atoms with Gasteiger partial charge in [-0.1, -0.05) is 30.3 Å². The normalized spacial score (nSPS) is 10.9. The number of pyridine rings is 1. The Labute approximate surface area is 117 Å². The van der Waals surface area contributed by atoms with Gasteiger partial charge < -0.3 is 4.74 Å². The number of carbonyl (C=O) groups is 1. The molecule has 0 bridgehead atoms. The predicted molar refractivity (Wildman–Crippen MR) is 76.5 cm³/mol. The zero-order valence-corrected chi connectivity index (χ0v) is 11.1. The molecule has 20 heavy (non-hydrogen) atoms. The zero-order valence-electron chi connectivity index (χ0n) is 11.1. The van der Waals surface area contributed by atoms with E-state index in [4.69, 9.17) is 4.74 Å². The van der Waals surface area contributed by atoms with Gasteiger partial charge in [0.1, 0.15) is 0 Å². The molecule has 2 rings (SSSR count). The Morgan fingerprint density at radius 3 is 2.60 bits per heavy atom. The van der Waals surface area contributed by atoms with Gasteiger partial charge in [0, 0.05) is 23.5 Å². The molecule has 0 aliphatic rings. The van der Waals surface area contributed by atoms with Gasteiger partial charge in [-0.15, -0.1) is 0 Å². The third kappa shape index (κ3) is 3.65. The lowest BCUT2D eigenvalue weighted by Gasteiger charge is -2.07. The molecule has 5 heteroatoms. The van der Waals surface area contributed by atoms with E-state index in [0.717, 1.165) is 11.1 Å². The van der Waals surface area contributed by atoms with Crippen molar-refractivity contribution in [2.75, 3.05) is 6.61 Å². The van der Waals surface area contributed by atoms with Gasteiger partial charge in [-0.05, 0) is 19.1 Å². The molecule has 0 aliphatic heterocycles. The monoisotopic (exact) mass is 269 g/mol. The maximum absolute atomic E-state index is 11.4. The molecule has 1 heterocycles. The molecule has 1 aromatic carbocycles. The molecule has 5 nitrogen and oxygen atoms in total. The summed E-state index contributed by atoms with van der Waals surface area (Å²) in [6.45, 7) is 2.04. The van der Waals surface area contributed by atoms with Crippen molar-refractivity contribution in [2.24, 2.45) is 5.10 Å². The quantitative estimate of drug-likeness (QED) is 0.685. The number of hydrogen-bond donors (Lipinski definition) is 1. The van der Waals surface area contributed by atoms with Crippen LogP contribution in [0.3, 0.4) is 0 Å². The van der Waals surface area contributed by atoms with E-state index in [0.29, 0.717) is 12.3 Å². The molecule has 1 aromatic heterocycles. The van der Waals surface area contributed by atoms with E-state index in [1.807, 2.05) is 42.5 Å². The Kier molecular flexibility index (Phi) is 4.83. The largest absolute Gasteiger partial charge is 0.449 e. The van der Waals surface area contributed by atoms with Gasteiger partial charge in [-0.3, -0.25) is 4.98 Å². The number of ether oxygens (including phenoxy) is 1. The smallest absolute Gasteiger partial charge is 0.427 e. The Bertz CT molecular complexity index is 541. The van der Waals surface area contributed by atoms with Gasteiger partial charge in [0.25, 0.3) is 0 Å². The second kappa shape index (κ2) is 7.04. The van der Waals surface area contributed by atoms with Gasteiger partial charge in [-0.25, -0.2) is 10.2 Å². The van der Waals surface area contributed by atoms with Crippen molar-refractivity contribution in [2.45, 2.75) is 6.92 Å². The number of aromatic nitrogens is 1. The number of nitrogens with one attached hydrogen (secondary N) is 1. The zero-order chi connectivity index (χ0) is 14.2. The predicted octanol–water partition coefficient (Wildman–Crippen LogP) is 2.58. The summed E-state index contributed by atoms with van der Waals surface area (Å²) in [5, 5.41) is 4.13. The third-order valence-corrected chi connectivity index (χ3v) is 2.52.